The molecule has 2 aromatic carbocycles. The minimum atomic E-state index is -0.285. The Labute approximate surface area is 120 Å². The second-order valence-corrected chi connectivity index (χ2v) is 5.04. The molecule has 1 unspecified atom stereocenters. The standard InChI is InChI=1S/C15H13ClFN3/c1-9(11-4-2-3-5-12(11)16)18-15-19-13-7-6-10(17)8-14(13)20-15/h2-9H,1H3,(H2,18,19,20). The van der Waals surface area contributed by atoms with Crippen LogP contribution < -0.4 is 5.32 Å². The lowest BCUT2D eigenvalue weighted by Crippen LogP contribution is -2.08. The van der Waals surface area contributed by atoms with Gasteiger partial charge in [-0.05, 0) is 36.8 Å². The summed E-state index contributed by atoms with van der Waals surface area (Å²) in [5.74, 6) is 0.310. The zero-order valence-corrected chi connectivity index (χ0v) is 11.6. The highest BCUT2D eigenvalue weighted by molar-refractivity contribution is 6.31. The second-order valence-electron chi connectivity index (χ2n) is 4.63. The molecule has 0 aliphatic rings. The molecule has 3 aromatic rings. The lowest BCUT2D eigenvalue weighted by atomic mass is 10.1. The van der Waals surface area contributed by atoms with E-state index in [1.165, 1.54) is 12.1 Å². The molecule has 1 aromatic heterocycles. The molecule has 5 heteroatoms. The Bertz CT molecular complexity index is 754. The van der Waals surface area contributed by atoms with E-state index in [0.29, 0.717) is 16.5 Å². The highest BCUT2D eigenvalue weighted by Crippen LogP contribution is 2.25. The molecule has 20 heavy (non-hydrogen) atoms. The van der Waals surface area contributed by atoms with Crippen LogP contribution in [-0.2, 0) is 0 Å². The van der Waals surface area contributed by atoms with Gasteiger partial charge in [-0.25, -0.2) is 9.37 Å². The van der Waals surface area contributed by atoms with Gasteiger partial charge in [-0.15, -0.1) is 0 Å². The van der Waals surface area contributed by atoms with E-state index in [2.05, 4.69) is 15.3 Å². The summed E-state index contributed by atoms with van der Waals surface area (Å²) in [7, 11) is 0. The van der Waals surface area contributed by atoms with Crippen LogP contribution in [0.5, 0.6) is 0 Å². The smallest absolute Gasteiger partial charge is 0.201 e. The second kappa shape index (κ2) is 5.13. The summed E-state index contributed by atoms with van der Waals surface area (Å²) >= 11 is 6.16. The predicted octanol–water partition coefficient (Wildman–Crippen LogP) is 4.53. The summed E-state index contributed by atoms with van der Waals surface area (Å²) in [5.41, 5.74) is 2.37. The number of rotatable bonds is 3. The lowest BCUT2D eigenvalue weighted by Gasteiger charge is -2.14. The van der Waals surface area contributed by atoms with Gasteiger partial charge in [-0.1, -0.05) is 29.8 Å². The number of fused-ring (bicyclic) bond motifs is 1. The molecule has 2 N–H and O–H groups in total. The molecule has 0 spiro atoms. The summed E-state index contributed by atoms with van der Waals surface area (Å²) in [4.78, 5) is 7.42. The van der Waals surface area contributed by atoms with Gasteiger partial charge >= 0.3 is 0 Å². The maximum Gasteiger partial charge on any atom is 0.201 e. The van der Waals surface area contributed by atoms with Gasteiger partial charge in [-0.2, -0.15) is 0 Å². The van der Waals surface area contributed by atoms with Crippen molar-refractivity contribution >= 4 is 28.6 Å². The molecule has 0 amide bonds. The van der Waals surface area contributed by atoms with Crippen molar-refractivity contribution in [2.75, 3.05) is 5.32 Å². The highest BCUT2D eigenvalue weighted by atomic mass is 35.5. The Hall–Kier alpha value is -2.07. The summed E-state index contributed by atoms with van der Waals surface area (Å²) in [6, 6.07) is 12.1. The molecule has 102 valence electrons. The van der Waals surface area contributed by atoms with Gasteiger partial charge in [0.2, 0.25) is 5.95 Å². The van der Waals surface area contributed by atoms with E-state index >= 15 is 0 Å². The molecule has 3 nitrogen and oxygen atoms in total. The number of anilines is 1. The van der Waals surface area contributed by atoms with Crippen LogP contribution >= 0.6 is 11.6 Å². The maximum absolute atomic E-state index is 13.1. The monoisotopic (exact) mass is 289 g/mol. The first-order valence-electron chi connectivity index (χ1n) is 6.30. The van der Waals surface area contributed by atoms with E-state index in [4.69, 9.17) is 11.6 Å². The van der Waals surface area contributed by atoms with Crippen LogP contribution in [0.1, 0.15) is 18.5 Å². The Morgan fingerprint density at radius 1 is 1.25 bits per heavy atom. The number of aromatic nitrogens is 2. The Morgan fingerprint density at radius 2 is 2.05 bits per heavy atom. The molecule has 1 atom stereocenters. The van der Waals surface area contributed by atoms with Gasteiger partial charge in [0.15, 0.2) is 0 Å². The summed E-state index contributed by atoms with van der Waals surface area (Å²) in [6.07, 6.45) is 0. The molecule has 1 heterocycles. The molecule has 0 saturated heterocycles. The van der Waals surface area contributed by atoms with Crippen LogP contribution in [0.15, 0.2) is 42.5 Å². The molecular weight excluding hydrogens is 277 g/mol. The van der Waals surface area contributed by atoms with Crippen LogP contribution in [0.4, 0.5) is 10.3 Å². The van der Waals surface area contributed by atoms with Crippen LogP contribution in [-0.4, -0.2) is 9.97 Å². The van der Waals surface area contributed by atoms with Gasteiger partial charge in [0.05, 0.1) is 17.1 Å². The number of nitrogens with zero attached hydrogens (tertiary/aromatic N) is 1. The number of aromatic amines is 1. The zero-order chi connectivity index (χ0) is 14.1. The number of nitrogens with one attached hydrogen (secondary N) is 2. The molecule has 0 saturated carbocycles. The van der Waals surface area contributed by atoms with Crippen molar-refractivity contribution in [1.29, 1.82) is 0 Å². The summed E-state index contributed by atoms with van der Waals surface area (Å²) in [6.45, 7) is 2.00. The number of hydrogen-bond acceptors (Lipinski definition) is 2. The first-order chi connectivity index (χ1) is 9.63. The fourth-order valence-corrected chi connectivity index (χ4v) is 2.46. The summed E-state index contributed by atoms with van der Waals surface area (Å²) in [5, 5.41) is 3.94. The Balaban J connectivity index is 1.87. The van der Waals surface area contributed by atoms with E-state index in [9.17, 15) is 4.39 Å². The number of imidazole rings is 1. The number of benzene rings is 2. The first kappa shape index (κ1) is 12.9. The third kappa shape index (κ3) is 2.47. The quantitative estimate of drug-likeness (QED) is 0.744. The van der Waals surface area contributed by atoms with Crippen molar-refractivity contribution in [3.05, 3.63) is 58.9 Å². The zero-order valence-electron chi connectivity index (χ0n) is 10.8. The van der Waals surface area contributed by atoms with E-state index in [0.717, 1.165) is 11.1 Å². The normalized spacial score (nSPS) is 12.6. The van der Waals surface area contributed by atoms with Crippen molar-refractivity contribution < 1.29 is 4.39 Å². The van der Waals surface area contributed by atoms with Crippen molar-refractivity contribution in [3.8, 4) is 0 Å². The molecule has 3 rings (SSSR count). The van der Waals surface area contributed by atoms with Crippen LogP contribution in [0.2, 0.25) is 5.02 Å². The van der Waals surface area contributed by atoms with Gasteiger partial charge < -0.3 is 10.3 Å². The number of halogens is 2. The minimum absolute atomic E-state index is 0.00545. The van der Waals surface area contributed by atoms with Crippen LogP contribution in [0, 0.1) is 5.82 Å². The van der Waals surface area contributed by atoms with Crippen molar-refractivity contribution in [2.24, 2.45) is 0 Å². The fourth-order valence-electron chi connectivity index (χ4n) is 2.16. The molecule has 0 radical (unpaired) electrons. The van der Waals surface area contributed by atoms with E-state index in [-0.39, 0.29) is 11.9 Å². The van der Waals surface area contributed by atoms with Crippen LogP contribution in [0.3, 0.4) is 0 Å². The third-order valence-corrected chi connectivity index (χ3v) is 3.51. The Kier molecular flexibility index (Phi) is 3.32. The molecule has 0 aliphatic carbocycles. The van der Waals surface area contributed by atoms with Gasteiger partial charge in [0, 0.05) is 5.02 Å². The van der Waals surface area contributed by atoms with Crippen molar-refractivity contribution in [2.45, 2.75) is 13.0 Å². The third-order valence-electron chi connectivity index (χ3n) is 3.17. The first-order valence-corrected chi connectivity index (χ1v) is 6.67. The van der Waals surface area contributed by atoms with E-state index in [1.54, 1.807) is 6.07 Å². The number of hydrogen-bond donors (Lipinski definition) is 2. The van der Waals surface area contributed by atoms with Crippen molar-refractivity contribution in [3.63, 3.8) is 0 Å². The summed E-state index contributed by atoms with van der Waals surface area (Å²) < 4.78 is 13.1. The number of H-pyrrole nitrogens is 1. The van der Waals surface area contributed by atoms with Crippen LogP contribution in [0.25, 0.3) is 11.0 Å². The molecule has 0 fully saturated rings. The fraction of sp³-hybridized carbons (Fsp3) is 0.133. The lowest BCUT2D eigenvalue weighted by molar-refractivity contribution is 0.629. The predicted molar refractivity (Wildman–Crippen MR) is 79.5 cm³/mol. The van der Waals surface area contributed by atoms with E-state index < -0.39 is 0 Å². The van der Waals surface area contributed by atoms with Crippen molar-refractivity contribution in [1.82, 2.24) is 9.97 Å². The SMILES string of the molecule is CC(Nc1nc2ccc(F)cc2[nH]1)c1ccccc1Cl. The minimum Gasteiger partial charge on any atom is -0.349 e. The largest absolute Gasteiger partial charge is 0.349 e. The average Bonchev–Trinajstić information content (AvgIpc) is 2.80. The molecule has 0 bridgehead atoms. The van der Waals surface area contributed by atoms with Gasteiger partial charge in [0.1, 0.15) is 5.82 Å². The molecular formula is C15H13ClFN3. The van der Waals surface area contributed by atoms with Gasteiger partial charge in [-0.3, -0.25) is 0 Å². The average molecular weight is 290 g/mol. The van der Waals surface area contributed by atoms with E-state index in [1.807, 2.05) is 31.2 Å². The topological polar surface area (TPSA) is 40.7 Å². The highest BCUT2D eigenvalue weighted by Gasteiger charge is 2.11. The van der Waals surface area contributed by atoms with Gasteiger partial charge in [0.25, 0.3) is 0 Å². The molecule has 0 aliphatic heterocycles. The Morgan fingerprint density at radius 3 is 2.85 bits per heavy atom. The maximum atomic E-state index is 13.1.